The lowest BCUT2D eigenvalue weighted by molar-refractivity contribution is 1.18. The molecule has 0 unspecified atom stereocenters. The van der Waals surface area contributed by atoms with Crippen LogP contribution in [0.25, 0.3) is 60.9 Å². The van der Waals surface area contributed by atoms with Crippen LogP contribution in [-0.2, 0) is 0 Å². The zero-order valence-corrected chi connectivity index (χ0v) is 28.2. The van der Waals surface area contributed by atoms with E-state index in [4.69, 9.17) is 0 Å². The smallest absolute Gasteiger partial charge is 0.333 e. The average molecular weight is 660 g/mol. The number of fused-ring (bicyclic) bond motifs is 9. The Labute approximate surface area is 302 Å². The second-order valence-corrected chi connectivity index (χ2v) is 14.1. The lowest BCUT2D eigenvalue weighted by Gasteiger charge is -2.49. The third-order valence-corrected chi connectivity index (χ3v) is 11.5. The zero-order valence-electron chi connectivity index (χ0n) is 28.2. The number of para-hydroxylation sites is 3. The molecule has 0 aliphatic carbocycles. The predicted octanol–water partition coefficient (Wildman–Crippen LogP) is 11.1. The van der Waals surface area contributed by atoms with Crippen LogP contribution >= 0.6 is 0 Å². The first kappa shape index (κ1) is 28.0. The summed E-state index contributed by atoms with van der Waals surface area (Å²) in [6, 6.07) is 67.1. The van der Waals surface area contributed by atoms with Crippen molar-refractivity contribution >= 4 is 68.0 Å². The maximum atomic E-state index is 2.62. The molecule has 0 N–H and O–H groups in total. The minimum absolute atomic E-state index is 0.0544. The Morgan fingerprint density at radius 1 is 0.346 bits per heavy atom. The number of rotatable bonds is 3. The number of benzene rings is 8. The SMILES string of the molecule is c1ccc(-c2ccc(N3c4cccc5c4B4c6c(cccc63)-c3cc(-n6c7ccccc7c7ccccc76)ccc3N4c3ccccc3-5)cc2)cc1. The van der Waals surface area contributed by atoms with E-state index < -0.39 is 0 Å². The predicted molar refractivity (Wildman–Crippen MR) is 219 cm³/mol. The molecule has 1 aromatic heterocycles. The third kappa shape index (κ3) is 3.65. The summed E-state index contributed by atoms with van der Waals surface area (Å²) >= 11 is 0. The molecule has 0 saturated heterocycles. The molecule has 52 heavy (non-hydrogen) atoms. The minimum Gasteiger partial charge on any atom is -0.376 e. The first-order chi connectivity index (χ1) is 25.8. The van der Waals surface area contributed by atoms with Gasteiger partial charge in [0.2, 0.25) is 0 Å². The Balaban J connectivity index is 1.13. The fraction of sp³-hybridized carbons (Fsp3) is 0. The van der Waals surface area contributed by atoms with Crippen molar-refractivity contribution in [3.8, 4) is 39.1 Å². The highest BCUT2D eigenvalue weighted by molar-refractivity contribution is 6.95. The van der Waals surface area contributed by atoms with Crippen LogP contribution in [0.3, 0.4) is 0 Å². The molecule has 240 valence electrons. The summed E-state index contributed by atoms with van der Waals surface area (Å²) < 4.78 is 2.44. The van der Waals surface area contributed by atoms with Crippen LogP contribution in [0.5, 0.6) is 0 Å². The standard InChI is InChI=1S/C48H30BN3/c1-2-12-31(13-3-1)32-24-26-33(27-25-32)50-45-22-10-17-38-37-16-6-9-21-43(37)52-44-29-28-34(30-40(44)39-18-11-23-46(50)48(39)49(52)47(38)45)51-41-19-7-4-14-35(41)36-15-5-8-20-42(36)51/h1-30H. The van der Waals surface area contributed by atoms with Gasteiger partial charge in [-0.05, 0) is 93.8 Å². The molecule has 8 aromatic carbocycles. The Hall–Kier alpha value is -6.78. The van der Waals surface area contributed by atoms with Crippen LogP contribution in [0.1, 0.15) is 0 Å². The van der Waals surface area contributed by atoms with Crippen LogP contribution in [0, 0.1) is 0 Å². The molecule has 3 nitrogen and oxygen atoms in total. The van der Waals surface area contributed by atoms with Crippen LogP contribution < -0.4 is 20.6 Å². The van der Waals surface area contributed by atoms with Crippen molar-refractivity contribution in [1.29, 1.82) is 0 Å². The second kappa shape index (κ2) is 10.4. The van der Waals surface area contributed by atoms with E-state index in [0.717, 1.165) is 5.69 Å². The molecule has 0 atom stereocenters. The highest BCUT2D eigenvalue weighted by Crippen LogP contribution is 2.52. The third-order valence-electron chi connectivity index (χ3n) is 11.5. The molecule has 12 rings (SSSR count). The molecule has 0 bridgehead atoms. The molecule has 4 heterocycles. The number of hydrogen-bond acceptors (Lipinski definition) is 2. The average Bonchev–Trinajstić information content (AvgIpc) is 3.56. The Morgan fingerprint density at radius 3 is 1.58 bits per heavy atom. The maximum absolute atomic E-state index is 2.62. The van der Waals surface area contributed by atoms with E-state index in [1.165, 1.54) is 94.5 Å². The Kier molecular flexibility index (Phi) is 5.58. The van der Waals surface area contributed by atoms with Crippen molar-refractivity contribution in [2.24, 2.45) is 0 Å². The molecule has 3 aliphatic heterocycles. The summed E-state index contributed by atoms with van der Waals surface area (Å²) in [5.74, 6) is 0. The summed E-state index contributed by atoms with van der Waals surface area (Å²) in [7, 11) is 0. The van der Waals surface area contributed by atoms with E-state index in [1.807, 2.05) is 0 Å². The van der Waals surface area contributed by atoms with Gasteiger partial charge >= 0.3 is 6.85 Å². The summed E-state index contributed by atoms with van der Waals surface area (Å²) in [6.45, 7) is 0.0544. The van der Waals surface area contributed by atoms with Crippen molar-refractivity contribution in [3.63, 3.8) is 0 Å². The lowest BCUT2D eigenvalue weighted by atomic mass is 9.41. The van der Waals surface area contributed by atoms with E-state index in [-0.39, 0.29) is 6.85 Å². The normalized spacial score (nSPS) is 13.3. The molecule has 0 radical (unpaired) electrons. The summed E-state index contributed by atoms with van der Waals surface area (Å²) in [6.07, 6.45) is 0. The van der Waals surface area contributed by atoms with Gasteiger partial charge in [-0.25, -0.2) is 0 Å². The van der Waals surface area contributed by atoms with Gasteiger partial charge in [0.1, 0.15) is 0 Å². The highest BCUT2D eigenvalue weighted by Gasteiger charge is 2.48. The van der Waals surface area contributed by atoms with E-state index in [0.29, 0.717) is 0 Å². The van der Waals surface area contributed by atoms with Gasteiger partial charge in [0, 0.05) is 56.0 Å². The number of hydrogen-bond donors (Lipinski definition) is 0. The van der Waals surface area contributed by atoms with Crippen LogP contribution in [0.4, 0.5) is 28.4 Å². The van der Waals surface area contributed by atoms with Crippen LogP contribution in [-0.4, -0.2) is 11.4 Å². The van der Waals surface area contributed by atoms with Crippen molar-refractivity contribution in [3.05, 3.63) is 182 Å². The van der Waals surface area contributed by atoms with Crippen molar-refractivity contribution in [1.82, 2.24) is 4.57 Å². The molecule has 3 aliphatic rings. The van der Waals surface area contributed by atoms with E-state index in [1.54, 1.807) is 0 Å². The monoisotopic (exact) mass is 659 g/mol. The van der Waals surface area contributed by atoms with Crippen molar-refractivity contribution in [2.75, 3.05) is 9.71 Å². The zero-order chi connectivity index (χ0) is 33.9. The molecular weight excluding hydrogens is 629 g/mol. The van der Waals surface area contributed by atoms with Crippen molar-refractivity contribution in [2.45, 2.75) is 0 Å². The van der Waals surface area contributed by atoms with Gasteiger partial charge in [-0.15, -0.1) is 0 Å². The number of aromatic nitrogens is 1. The summed E-state index contributed by atoms with van der Waals surface area (Å²) in [5.41, 5.74) is 20.0. The Morgan fingerprint density at radius 2 is 0.865 bits per heavy atom. The summed E-state index contributed by atoms with van der Waals surface area (Å²) in [4.78, 5) is 5.12. The van der Waals surface area contributed by atoms with Gasteiger partial charge in [-0.3, -0.25) is 0 Å². The maximum Gasteiger partial charge on any atom is 0.333 e. The van der Waals surface area contributed by atoms with Gasteiger partial charge in [-0.1, -0.05) is 121 Å². The molecule has 0 spiro atoms. The molecule has 9 aromatic rings. The van der Waals surface area contributed by atoms with Crippen molar-refractivity contribution < 1.29 is 0 Å². The molecule has 0 saturated carbocycles. The van der Waals surface area contributed by atoms with Crippen LogP contribution in [0.15, 0.2) is 182 Å². The first-order valence-corrected chi connectivity index (χ1v) is 18.1. The van der Waals surface area contributed by atoms with Gasteiger partial charge in [0.25, 0.3) is 0 Å². The molecule has 4 heteroatoms. The fourth-order valence-corrected chi connectivity index (χ4v) is 9.39. The molecular formula is C48H30BN3. The molecule has 0 fully saturated rings. The van der Waals surface area contributed by atoms with E-state index in [2.05, 4.69) is 196 Å². The quantitative estimate of drug-likeness (QED) is 0.175. The largest absolute Gasteiger partial charge is 0.376 e. The van der Waals surface area contributed by atoms with Gasteiger partial charge in [0.05, 0.1) is 11.0 Å². The fourth-order valence-electron chi connectivity index (χ4n) is 9.39. The topological polar surface area (TPSA) is 11.4 Å². The van der Waals surface area contributed by atoms with Gasteiger partial charge in [0.15, 0.2) is 0 Å². The lowest BCUT2D eigenvalue weighted by Crippen LogP contribution is -2.63. The second-order valence-electron chi connectivity index (χ2n) is 14.1. The van der Waals surface area contributed by atoms with Gasteiger partial charge < -0.3 is 14.3 Å². The highest BCUT2D eigenvalue weighted by atomic mass is 15.2. The Bertz CT molecular complexity index is 2870. The summed E-state index contributed by atoms with van der Waals surface area (Å²) in [5, 5.41) is 2.55. The van der Waals surface area contributed by atoms with Crippen LogP contribution in [0.2, 0.25) is 0 Å². The van der Waals surface area contributed by atoms with E-state index >= 15 is 0 Å². The van der Waals surface area contributed by atoms with E-state index in [9.17, 15) is 0 Å². The number of nitrogens with zero attached hydrogens (tertiary/aromatic N) is 3. The number of anilines is 5. The first-order valence-electron chi connectivity index (χ1n) is 18.1. The molecule has 0 amide bonds. The van der Waals surface area contributed by atoms with Gasteiger partial charge in [-0.2, -0.15) is 0 Å². The minimum atomic E-state index is 0.0544.